The molecule has 0 aromatic heterocycles. The standard InChI is InChI=1S/C14H17BrO9/c1-6(16)20-5-10-11(21-7(2)17)12(22-8(3)18)13(14(15)24-10)23-9(4)19/h10-12H,5H2,1-4H3/t10?,11-,12?/m1/s1. The van der Waals surface area contributed by atoms with Crippen LogP contribution in [-0.2, 0) is 42.9 Å². The van der Waals surface area contributed by atoms with E-state index in [2.05, 4.69) is 15.9 Å². The summed E-state index contributed by atoms with van der Waals surface area (Å²) in [6.45, 7) is 4.35. The molecule has 134 valence electrons. The summed E-state index contributed by atoms with van der Waals surface area (Å²) in [5.74, 6) is -2.81. The zero-order valence-corrected chi connectivity index (χ0v) is 15.1. The molecule has 10 heteroatoms. The van der Waals surface area contributed by atoms with Gasteiger partial charge < -0.3 is 23.7 Å². The lowest BCUT2D eigenvalue weighted by Gasteiger charge is -2.36. The van der Waals surface area contributed by atoms with Gasteiger partial charge in [-0.05, 0) is 15.9 Å². The molecule has 0 aliphatic carbocycles. The van der Waals surface area contributed by atoms with Crippen molar-refractivity contribution in [1.82, 2.24) is 0 Å². The van der Waals surface area contributed by atoms with Crippen LogP contribution in [-0.4, -0.2) is 48.8 Å². The maximum absolute atomic E-state index is 11.4. The van der Waals surface area contributed by atoms with E-state index < -0.39 is 42.2 Å². The maximum atomic E-state index is 11.4. The quantitative estimate of drug-likeness (QED) is 0.483. The molecule has 0 fully saturated rings. The molecule has 9 nitrogen and oxygen atoms in total. The summed E-state index contributed by atoms with van der Waals surface area (Å²) in [6.07, 6.45) is -3.41. The smallest absolute Gasteiger partial charge is 0.307 e. The Morgan fingerprint density at radius 3 is 2.00 bits per heavy atom. The number of carbonyl (C=O) groups is 4. The minimum absolute atomic E-state index is 0.0375. The van der Waals surface area contributed by atoms with Crippen molar-refractivity contribution in [3.8, 4) is 0 Å². The molecule has 1 aliphatic heterocycles. The second-order valence-corrected chi connectivity index (χ2v) is 5.51. The highest BCUT2D eigenvalue weighted by atomic mass is 79.9. The van der Waals surface area contributed by atoms with Crippen LogP contribution in [0.25, 0.3) is 0 Å². The summed E-state index contributed by atoms with van der Waals surface area (Å²) in [5, 5.41) is 0. The van der Waals surface area contributed by atoms with E-state index in [1.807, 2.05) is 0 Å². The molecule has 3 atom stereocenters. The van der Waals surface area contributed by atoms with E-state index in [0.717, 1.165) is 20.8 Å². The zero-order chi connectivity index (χ0) is 18.4. The molecule has 0 saturated heterocycles. The average Bonchev–Trinajstić information content (AvgIpc) is 2.42. The molecule has 0 aromatic carbocycles. The van der Waals surface area contributed by atoms with Gasteiger partial charge >= 0.3 is 23.9 Å². The highest BCUT2D eigenvalue weighted by molar-refractivity contribution is 9.11. The first-order valence-electron chi connectivity index (χ1n) is 6.84. The van der Waals surface area contributed by atoms with E-state index in [-0.39, 0.29) is 17.0 Å². The van der Waals surface area contributed by atoms with Crippen molar-refractivity contribution >= 4 is 39.8 Å². The molecule has 1 heterocycles. The Kier molecular flexibility index (Phi) is 7.20. The summed E-state index contributed by atoms with van der Waals surface area (Å²) >= 11 is 3.06. The fraction of sp³-hybridized carbons (Fsp3) is 0.571. The van der Waals surface area contributed by atoms with E-state index in [1.165, 1.54) is 6.92 Å². The van der Waals surface area contributed by atoms with Gasteiger partial charge in [-0.3, -0.25) is 19.2 Å². The Balaban J connectivity index is 3.21. The van der Waals surface area contributed by atoms with Crippen LogP contribution in [0.4, 0.5) is 0 Å². The van der Waals surface area contributed by atoms with Crippen LogP contribution < -0.4 is 0 Å². The third-order valence-electron chi connectivity index (χ3n) is 2.67. The Hall–Kier alpha value is -2.10. The van der Waals surface area contributed by atoms with Crippen molar-refractivity contribution in [2.45, 2.75) is 46.0 Å². The first-order chi connectivity index (χ1) is 11.1. The molecule has 0 saturated carbocycles. The molecule has 0 N–H and O–H groups in total. The summed E-state index contributed by atoms with van der Waals surface area (Å²) < 4.78 is 25.5. The lowest BCUT2D eigenvalue weighted by Crippen LogP contribution is -2.51. The molecule has 0 spiro atoms. The van der Waals surface area contributed by atoms with Crippen LogP contribution in [0.15, 0.2) is 10.4 Å². The van der Waals surface area contributed by atoms with Crippen molar-refractivity contribution in [1.29, 1.82) is 0 Å². The highest BCUT2D eigenvalue weighted by Gasteiger charge is 2.46. The lowest BCUT2D eigenvalue weighted by atomic mass is 10.0. The van der Waals surface area contributed by atoms with Crippen molar-refractivity contribution in [3.63, 3.8) is 0 Å². The first-order valence-corrected chi connectivity index (χ1v) is 7.63. The molecule has 1 aliphatic rings. The number of hydrogen-bond donors (Lipinski definition) is 0. The monoisotopic (exact) mass is 408 g/mol. The largest absolute Gasteiger partial charge is 0.473 e. The van der Waals surface area contributed by atoms with Crippen LogP contribution in [0.3, 0.4) is 0 Å². The first kappa shape index (κ1) is 19.9. The van der Waals surface area contributed by atoms with Crippen LogP contribution in [0.1, 0.15) is 27.7 Å². The van der Waals surface area contributed by atoms with Gasteiger partial charge in [0.05, 0.1) is 0 Å². The number of halogens is 1. The van der Waals surface area contributed by atoms with E-state index in [1.54, 1.807) is 0 Å². The van der Waals surface area contributed by atoms with E-state index in [0.29, 0.717) is 0 Å². The predicted octanol–water partition coefficient (Wildman–Crippen LogP) is 0.939. The third kappa shape index (κ3) is 5.84. The van der Waals surface area contributed by atoms with Crippen molar-refractivity contribution < 1.29 is 42.9 Å². The summed E-state index contributed by atoms with van der Waals surface area (Å²) in [7, 11) is 0. The topological polar surface area (TPSA) is 114 Å². The van der Waals surface area contributed by atoms with Gasteiger partial charge in [-0.25, -0.2) is 0 Å². The zero-order valence-electron chi connectivity index (χ0n) is 13.5. The Bertz CT molecular complexity index is 569. The Morgan fingerprint density at radius 2 is 1.54 bits per heavy atom. The third-order valence-corrected chi connectivity index (χ3v) is 3.25. The Labute approximate surface area is 146 Å². The van der Waals surface area contributed by atoms with Crippen LogP contribution in [0.5, 0.6) is 0 Å². The average molecular weight is 409 g/mol. The Morgan fingerprint density at radius 1 is 0.958 bits per heavy atom. The van der Waals surface area contributed by atoms with Gasteiger partial charge in [-0.15, -0.1) is 0 Å². The maximum Gasteiger partial charge on any atom is 0.307 e. The minimum atomic E-state index is -1.25. The number of rotatable bonds is 5. The van der Waals surface area contributed by atoms with Crippen molar-refractivity contribution in [3.05, 3.63) is 10.4 Å². The van der Waals surface area contributed by atoms with Gasteiger partial charge in [0, 0.05) is 27.7 Å². The summed E-state index contributed by atoms with van der Waals surface area (Å²) in [6, 6.07) is 0. The van der Waals surface area contributed by atoms with E-state index >= 15 is 0 Å². The molecular formula is C14H17BrO9. The molecule has 0 radical (unpaired) electrons. The van der Waals surface area contributed by atoms with Gasteiger partial charge in [0.2, 0.25) is 16.5 Å². The van der Waals surface area contributed by atoms with Gasteiger partial charge in [0.1, 0.15) is 6.61 Å². The molecular weight excluding hydrogens is 392 g/mol. The normalized spacial score (nSPS) is 23.0. The second-order valence-electron chi connectivity index (χ2n) is 4.79. The fourth-order valence-corrected chi connectivity index (χ4v) is 2.47. The predicted molar refractivity (Wildman–Crippen MR) is 80.3 cm³/mol. The van der Waals surface area contributed by atoms with Crippen molar-refractivity contribution in [2.75, 3.05) is 6.61 Å². The number of esters is 4. The SMILES string of the molecule is CC(=O)OCC1OC(Br)=C(OC(C)=O)C(OC(C)=O)[C@@H]1OC(C)=O. The summed E-state index contributed by atoms with van der Waals surface area (Å²) in [4.78, 5) is 45.0. The van der Waals surface area contributed by atoms with Gasteiger partial charge in [-0.1, -0.05) is 0 Å². The molecule has 2 unspecified atom stereocenters. The molecule has 0 aromatic rings. The van der Waals surface area contributed by atoms with Crippen LogP contribution in [0, 0.1) is 0 Å². The minimum Gasteiger partial charge on any atom is -0.473 e. The fourth-order valence-electron chi connectivity index (χ4n) is 1.92. The van der Waals surface area contributed by atoms with Gasteiger partial charge in [0.25, 0.3) is 0 Å². The van der Waals surface area contributed by atoms with Gasteiger partial charge in [0.15, 0.2) is 12.2 Å². The summed E-state index contributed by atoms with van der Waals surface area (Å²) in [5.41, 5.74) is 0. The molecule has 24 heavy (non-hydrogen) atoms. The number of hydrogen-bond acceptors (Lipinski definition) is 9. The molecule has 1 rings (SSSR count). The van der Waals surface area contributed by atoms with Crippen molar-refractivity contribution in [2.24, 2.45) is 0 Å². The van der Waals surface area contributed by atoms with E-state index in [4.69, 9.17) is 23.7 Å². The highest BCUT2D eigenvalue weighted by Crippen LogP contribution is 2.33. The lowest BCUT2D eigenvalue weighted by molar-refractivity contribution is -0.187. The van der Waals surface area contributed by atoms with Crippen LogP contribution in [0.2, 0.25) is 0 Å². The molecule has 0 amide bonds. The van der Waals surface area contributed by atoms with Gasteiger partial charge in [-0.2, -0.15) is 0 Å². The van der Waals surface area contributed by atoms with E-state index in [9.17, 15) is 19.2 Å². The molecule has 0 bridgehead atoms. The van der Waals surface area contributed by atoms with Crippen LogP contribution >= 0.6 is 15.9 Å². The number of carbonyl (C=O) groups excluding carboxylic acids is 4. The number of ether oxygens (including phenoxy) is 5. The second kappa shape index (κ2) is 8.67.